The van der Waals surface area contributed by atoms with Crippen LogP contribution in [0.5, 0.6) is 5.75 Å². The molecule has 0 aliphatic carbocycles. The first kappa shape index (κ1) is 18.7. The third-order valence-corrected chi connectivity index (χ3v) is 5.31. The first-order valence-corrected chi connectivity index (χ1v) is 9.91. The fourth-order valence-corrected chi connectivity index (χ4v) is 3.77. The molecular formula is C20H14BrClN2OS. The number of nitriles is 1. The molecule has 2 aromatic carbocycles. The summed E-state index contributed by atoms with van der Waals surface area (Å²) in [6.45, 7) is 2.54. The zero-order valence-electron chi connectivity index (χ0n) is 13.9. The van der Waals surface area contributed by atoms with Gasteiger partial charge in [-0.1, -0.05) is 29.8 Å². The zero-order valence-corrected chi connectivity index (χ0v) is 17.0. The molecule has 1 heterocycles. The van der Waals surface area contributed by atoms with Crippen LogP contribution in [-0.2, 0) is 0 Å². The van der Waals surface area contributed by atoms with E-state index < -0.39 is 0 Å². The first-order chi connectivity index (χ1) is 12.6. The van der Waals surface area contributed by atoms with Crippen LogP contribution in [0.3, 0.4) is 0 Å². The molecule has 0 N–H and O–H groups in total. The van der Waals surface area contributed by atoms with Gasteiger partial charge in [0, 0.05) is 16.0 Å². The van der Waals surface area contributed by atoms with Gasteiger partial charge in [-0.2, -0.15) is 5.26 Å². The lowest BCUT2D eigenvalue weighted by molar-refractivity contribution is 0.338. The molecule has 3 rings (SSSR count). The van der Waals surface area contributed by atoms with Crippen LogP contribution in [-0.4, -0.2) is 11.6 Å². The Morgan fingerprint density at radius 1 is 1.31 bits per heavy atom. The number of hydrogen-bond donors (Lipinski definition) is 0. The third kappa shape index (κ3) is 4.34. The molecule has 130 valence electrons. The molecule has 0 saturated heterocycles. The Hall–Kier alpha value is -2.13. The Labute approximate surface area is 169 Å². The Kier molecular flexibility index (Phi) is 6.10. The summed E-state index contributed by atoms with van der Waals surface area (Å²) in [5.74, 6) is 0.780. The van der Waals surface area contributed by atoms with Gasteiger partial charge < -0.3 is 4.74 Å². The number of nitrogens with zero attached hydrogens (tertiary/aromatic N) is 2. The van der Waals surface area contributed by atoms with Crippen LogP contribution in [0.1, 0.15) is 17.5 Å². The van der Waals surface area contributed by atoms with E-state index in [9.17, 15) is 5.26 Å². The lowest BCUT2D eigenvalue weighted by Gasteiger charge is -2.06. The van der Waals surface area contributed by atoms with Crippen molar-refractivity contribution in [3.05, 3.63) is 67.9 Å². The van der Waals surface area contributed by atoms with Crippen molar-refractivity contribution in [2.24, 2.45) is 0 Å². The molecule has 0 radical (unpaired) electrons. The number of hydrogen-bond acceptors (Lipinski definition) is 4. The maximum atomic E-state index is 9.56. The molecule has 26 heavy (non-hydrogen) atoms. The van der Waals surface area contributed by atoms with E-state index in [1.165, 1.54) is 11.3 Å². The summed E-state index contributed by atoms with van der Waals surface area (Å²) in [4.78, 5) is 4.60. The Bertz CT molecular complexity index is 990. The SMILES string of the molecule is CCOc1ccc(/C=C(/C#N)c2nc(-c3ccc(Cl)cc3)cs2)cc1Br. The van der Waals surface area contributed by atoms with Crippen molar-refractivity contribution >= 4 is 50.5 Å². The molecule has 0 aliphatic heterocycles. The molecule has 0 bridgehead atoms. The van der Waals surface area contributed by atoms with E-state index in [-0.39, 0.29) is 0 Å². The van der Waals surface area contributed by atoms with Gasteiger partial charge in [0.05, 0.1) is 22.3 Å². The second-order valence-electron chi connectivity index (χ2n) is 5.34. The summed E-state index contributed by atoms with van der Waals surface area (Å²) in [7, 11) is 0. The predicted molar refractivity (Wildman–Crippen MR) is 111 cm³/mol. The lowest BCUT2D eigenvalue weighted by Crippen LogP contribution is -1.92. The highest BCUT2D eigenvalue weighted by Crippen LogP contribution is 2.30. The topological polar surface area (TPSA) is 45.9 Å². The van der Waals surface area contributed by atoms with Gasteiger partial charge >= 0.3 is 0 Å². The summed E-state index contributed by atoms with van der Waals surface area (Å²) < 4.78 is 6.37. The number of halogens is 2. The van der Waals surface area contributed by atoms with Crippen LogP contribution < -0.4 is 4.74 Å². The van der Waals surface area contributed by atoms with Gasteiger partial charge in [-0.25, -0.2) is 4.98 Å². The van der Waals surface area contributed by atoms with Crippen molar-refractivity contribution in [3.63, 3.8) is 0 Å². The summed E-state index contributed by atoms with van der Waals surface area (Å²) in [6, 6.07) is 15.5. The fraction of sp³-hybridized carbons (Fsp3) is 0.100. The van der Waals surface area contributed by atoms with Crippen LogP contribution >= 0.6 is 38.9 Å². The summed E-state index contributed by atoms with van der Waals surface area (Å²) in [5, 5.41) is 12.9. The monoisotopic (exact) mass is 444 g/mol. The maximum Gasteiger partial charge on any atom is 0.134 e. The van der Waals surface area contributed by atoms with Crippen molar-refractivity contribution < 1.29 is 4.74 Å². The van der Waals surface area contributed by atoms with Gasteiger partial charge in [0.15, 0.2) is 0 Å². The average Bonchev–Trinajstić information content (AvgIpc) is 3.12. The minimum atomic E-state index is 0.520. The highest BCUT2D eigenvalue weighted by Gasteiger charge is 2.10. The summed E-state index contributed by atoms with van der Waals surface area (Å²) >= 11 is 10.9. The molecule has 1 aromatic heterocycles. The first-order valence-electron chi connectivity index (χ1n) is 7.86. The molecule has 0 saturated carbocycles. The van der Waals surface area contributed by atoms with E-state index in [0.717, 1.165) is 27.0 Å². The van der Waals surface area contributed by atoms with Crippen LogP contribution in [0.2, 0.25) is 5.02 Å². The van der Waals surface area contributed by atoms with E-state index in [1.54, 1.807) is 0 Å². The number of ether oxygens (including phenoxy) is 1. The Balaban J connectivity index is 1.90. The average molecular weight is 446 g/mol. The van der Waals surface area contributed by atoms with Gasteiger partial charge in [-0.05, 0) is 58.8 Å². The molecule has 0 fully saturated rings. The standard InChI is InChI=1S/C20H14BrClN2OS/c1-2-25-19-8-3-13(10-17(19)21)9-15(11-23)20-24-18(12-26-20)14-4-6-16(22)7-5-14/h3-10,12H,2H2,1H3/b15-9-. The van der Waals surface area contributed by atoms with Crippen molar-refractivity contribution in [1.29, 1.82) is 5.26 Å². The molecule has 0 spiro atoms. The van der Waals surface area contributed by atoms with Gasteiger partial charge in [0.2, 0.25) is 0 Å². The second-order valence-corrected chi connectivity index (χ2v) is 7.49. The Morgan fingerprint density at radius 3 is 2.73 bits per heavy atom. The molecule has 0 aliphatic rings. The minimum absolute atomic E-state index is 0.520. The van der Waals surface area contributed by atoms with Gasteiger partial charge in [-0.3, -0.25) is 0 Å². The second kappa shape index (κ2) is 8.50. The molecule has 3 nitrogen and oxygen atoms in total. The summed E-state index contributed by atoms with van der Waals surface area (Å²) in [6.07, 6.45) is 1.82. The smallest absolute Gasteiger partial charge is 0.134 e. The number of benzene rings is 2. The van der Waals surface area contributed by atoms with E-state index in [2.05, 4.69) is 27.0 Å². The number of aromatic nitrogens is 1. The minimum Gasteiger partial charge on any atom is -0.493 e. The summed E-state index contributed by atoms with van der Waals surface area (Å²) in [5.41, 5.74) is 3.22. The van der Waals surface area contributed by atoms with Crippen molar-refractivity contribution in [1.82, 2.24) is 4.98 Å². The van der Waals surface area contributed by atoms with Crippen molar-refractivity contribution in [3.8, 4) is 23.1 Å². The van der Waals surface area contributed by atoms with E-state index in [1.807, 2.05) is 60.8 Å². The Morgan fingerprint density at radius 2 is 2.08 bits per heavy atom. The zero-order chi connectivity index (χ0) is 18.5. The largest absolute Gasteiger partial charge is 0.493 e. The highest BCUT2D eigenvalue weighted by atomic mass is 79.9. The van der Waals surface area contributed by atoms with E-state index in [0.29, 0.717) is 22.2 Å². The molecule has 0 atom stereocenters. The van der Waals surface area contributed by atoms with Crippen LogP contribution in [0.25, 0.3) is 22.9 Å². The quantitative estimate of drug-likeness (QED) is 0.411. The molecular weight excluding hydrogens is 432 g/mol. The van der Waals surface area contributed by atoms with E-state index >= 15 is 0 Å². The van der Waals surface area contributed by atoms with Crippen molar-refractivity contribution in [2.75, 3.05) is 6.61 Å². The lowest BCUT2D eigenvalue weighted by atomic mass is 10.1. The van der Waals surface area contributed by atoms with Gasteiger partial charge in [0.1, 0.15) is 16.8 Å². The normalized spacial score (nSPS) is 11.2. The van der Waals surface area contributed by atoms with Crippen LogP contribution in [0, 0.1) is 11.3 Å². The number of rotatable bonds is 5. The van der Waals surface area contributed by atoms with Gasteiger partial charge in [0.25, 0.3) is 0 Å². The fourth-order valence-electron chi connectivity index (χ4n) is 2.34. The predicted octanol–water partition coefficient (Wildman–Crippen LogP) is 6.69. The number of thiazole rings is 1. The molecule has 6 heteroatoms. The highest BCUT2D eigenvalue weighted by molar-refractivity contribution is 9.10. The molecule has 0 amide bonds. The molecule has 3 aromatic rings. The maximum absolute atomic E-state index is 9.56. The van der Waals surface area contributed by atoms with Gasteiger partial charge in [-0.15, -0.1) is 11.3 Å². The van der Waals surface area contributed by atoms with E-state index in [4.69, 9.17) is 16.3 Å². The third-order valence-electron chi connectivity index (χ3n) is 3.56. The van der Waals surface area contributed by atoms with Crippen molar-refractivity contribution in [2.45, 2.75) is 6.92 Å². The molecule has 0 unspecified atom stereocenters. The van der Waals surface area contributed by atoms with Crippen LogP contribution in [0.15, 0.2) is 52.3 Å². The van der Waals surface area contributed by atoms with Crippen LogP contribution in [0.4, 0.5) is 0 Å². The number of allylic oxidation sites excluding steroid dienone is 1.